The summed E-state index contributed by atoms with van der Waals surface area (Å²) < 4.78 is 38.3. The van der Waals surface area contributed by atoms with Crippen molar-refractivity contribution in [1.82, 2.24) is 14.9 Å². The summed E-state index contributed by atoms with van der Waals surface area (Å²) in [6, 6.07) is 7.69. The summed E-state index contributed by atoms with van der Waals surface area (Å²) in [5.41, 5.74) is 1.55. The highest BCUT2D eigenvalue weighted by atomic mass is 35.5. The lowest BCUT2D eigenvalue weighted by atomic mass is 9.94. The zero-order valence-electron chi connectivity index (χ0n) is 15.6. The topological polar surface area (TPSA) is 29.0 Å². The molecule has 0 bridgehead atoms. The van der Waals surface area contributed by atoms with Gasteiger partial charge in [0.2, 0.25) is 0 Å². The van der Waals surface area contributed by atoms with E-state index in [0.717, 1.165) is 54.6 Å². The predicted octanol–water partition coefficient (Wildman–Crippen LogP) is 4.98. The molecule has 4 rings (SSSR count). The van der Waals surface area contributed by atoms with E-state index in [0.29, 0.717) is 5.92 Å². The molecule has 0 radical (unpaired) electrons. The fourth-order valence-electron chi connectivity index (χ4n) is 4.14. The van der Waals surface area contributed by atoms with Crippen molar-refractivity contribution in [2.24, 2.45) is 5.92 Å². The number of thioether (sulfide) groups is 1. The van der Waals surface area contributed by atoms with Crippen molar-refractivity contribution in [2.75, 3.05) is 25.4 Å². The predicted molar refractivity (Wildman–Crippen MR) is 107 cm³/mol. The van der Waals surface area contributed by atoms with Crippen LogP contribution in [0.1, 0.15) is 29.7 Å². The van der Waals surface area contributed by atoms with Crippen molar-refractivity contribution < 1.29 is 13.2 Å². The molecule has 2 aromatic rings. The average molecular weight is 430 g/mol. The smallest absolute Gasteiger partial charge is 0.302 e. The van der Waals surface area contributed by atoms with Crippen molar-refractivity contribution in [1.29, 1.82) is 0 Å². The molecule has 2 aliphatic rings. The van der Waals surface area contributed by atoms with E-state index in [4.69, 9.17) is 0 Å². The van der Waals surface area contributed by atoms with Gasteiger partial charge in [0.05, 0.1) is 5.56 Å². The quantitative estimate of drug-likeness (QED) is 0.368. The van der Waals surface area contributed by atoms with Crippen LogP contribution in [-0.4, -0.2) is 40.3 Å². The molecule has 1 aromatic heterocycles. The first-order valence-corrected chi connectivity index (χ1v) is 10.2. The lowest BCUT2D eigenvalue weighted by Gasteiger charge is -2.21. The highest BCUT2D eigenvalue weighted by Gasteiger charge is 2.60. The maximum atomic E-state index is 12.8. The molecule has 152 valence electrons. The minimum atomic E-state index is -4.26. The molecule has 2 heterocycles. The first-order chi connectivity index (χ1) is 12.9. The molecule has 2 fully saturated rings. The number of hydrogen-bond donors (Lipinski definition) is 0. The van der Waals surface area contributed by atoms with Gasteiger partial charge >= 0.3 is 6.18 Å². The van der Waals surface area contributed by atoms with Gasteiger partial charge in [-0.25, -0.2) is 9.97 Å². The van der Waals surface area contributed by atoms with E-state index in [1.807, 2.05) is 13.0 Å². The fourth-order valence-corrected chi connectivity index (χ4v) is 4.94. The first kappa shape index (κ1) is 21.4. The molecule has 0 unspecified atom stereocenters. The van der Waals surface area contributed by atoms with E-state index in [9.17, 15) is 13.2 Å². The highest BCUT2D eigenvalue weighted by Crippen LogP contribution is 2.59. The molecule has 1 aliphatic heterocycles. The van der Waals surface area contributed by atoms with Crippen LogP contribution in [0.2, 0.25) is 0 Å². The van der Waals surface area contributed by atoms with Gasteiger partial charge in [0.15, 0.2) is 5.16 Å². The van der Waals surface area contributed by atoms with Gasteiger partial charge in [-0.3, -0.25) is 0 Å². The summed E-state index contributed by atoms with van der Waals surface area (Å²) in [6.07, 6.45) is -0.329. The van der Waals surface area contributed by atoms with Crippen LogP contribution >= 0.6 is 24.2 Å². The Bertz CT molecular complexity index is 815. The molecule has 2 atom stereocenters. The van der Waals surface area contributed by atoms with Crippen LogP contribution in [0.25, 0.3) is 0 Å². The van der Waals surface area contributed by atoms with Gasteiger partial charge in [0.1, 0.15) is 0 Å². The average Bonchev–Trinajstić information content (AvgIpc) is 3.20. The Labute approximate surface area is 173 Å². The maximum absolute atomic E-state index is 12.8. The third kappa shape index (κ3) is 4.47. The number of halogens is 4. The first-order valence-electron chi connectivity index (χ1n) is 9.19. The number of fused-ring (bicyclic) bond motifs is 1. The van der Waals surface area contributed by atoms with Crippen LogP contribution < -0.4 is 0 Å². The van der Waals surface area contributed by atoms with E-state index in [2.05, 4.69) is 14.9 Å². The van der Waals surface area contributed by atoms with Crippen molar-refractivity contribution >= 4 is 24.2 Å². The maximum Gasteiger partial charge on any atom is 0.416 e. The number of hydrogen-bond acceptors (Lipinski definition) is 4. The van der Waals surface area contributed by atoms with Crippen LogP contribution in [0, 0.1) is 12.8 Å². The second kappa shape index (κ2) is 8.20. The van der Waals surface area contributed by atoms with E-state index >= 15 is 0 Å². The van der Waals surface area contributed by atoms with E-state index in [1.54, 1.807) is 30.1 Å². The Morgan fingerprint density at radius 1 is 1.21 bits per heavy atom. The lowest BCUT2D eigenvalue weighted by molar-refractivity contribution is -0.137. The third-order valence-corrected chi connectivity index (χ3v) is 6.57. The van der Waals surface area contributed by atoms with Gasteiger partial charge in [-0.05, 0) is 56.0 Å². The molecule has 3 nitrogen and oxygen atoms in total. The summed E-state index contributed by atoms with van der Waals surface area (Å²) in [7, 11) is 0. The molecule has 1 aliphatic carbocycles. The summed E-state index contributed by atoms with van der Waals surface area (Å²) >= 11 is 1.67. The molecule has 1 saturated heterocycles. The molecule has 0 amide bonds. The molecule has 0 N–H and O–H groups in total. The molecular weight excluding hydrogens is 407 g/mol. The minimum Gasteiger partial charge on any atom is -0.302 e. The Kier molecular flexibility index (Phi) is 6.27. The van der Waals surface area contributed by atoms with Gasteiger partial charge in [-0.1, -0.05) is 23.9 Å². The zero-order valence-corrected chi connectivity index (χ0v) is 17.2. The van der Waals surface area contributed by atoms with Gasteiger partial charge in [0.25, 0.3) is 0 Å². The Morgan fingerprint density at radius 2 is 1.96 bits per heavy atom. The number of piperidine rings is 1. The zero-order chi connectivity index (χ0) is 19.1. The SMILES string of the molecule is Cc1ccnc(SCCCN2C[C@@H]3C[C@]3(c3ccc(C(F)(F)F)cc3)C2)n1.Cl. The van der Waals surface area contributed by atoms with Crippen LogP contribution in [0.4, 0.5) is 13.2 Å². The van der Waals surface area contributed by atoms with Crippen molar-refractivity contribution in [3.8, 4) is 0 Å². The van der Waals surface area contributed by atoms with Crippen LogP contribution in [0.5, 0.6) is 0 Å². The molecule has 8 heteroatoms. The second-order valence-corrected chi connectivity index (χ2v) is 8.61. The molecular formula is C20H23ClF3N3S. The standard InChI is InChI=1S/C20H22F3N3S.ClH/c1-14-7-8-24-18(25-14)27-10-2-9-26-12-17-11-19(17,13-26)15-3-5-16(6-4-15)20(21,22)23;/h3-8,17H,2,9-13H2,1H3;1H/t17-,19+;/m0./s1. The summed E-state index contributed by atoms with van der Waals surface area (Å²) in [5.74, 6) is 1.56. The number of alkyl halides is 3. The number of rotatable bonds is 6. The normalized spacial score (nSPS) is 23.9. The van der Waals surface area contributed by atoms with Crippen molar-refractivity contribution in [3.05, 3.63) is 53.3 Å². The number of aryl methyl sites for hydroxylation is 1. The van der Waals surface area contributed by atoms with Crippen molar-refractivity contribution in [2.45, 2.75) is 36.5 Å². The molecule has 28 heavy (non-hydrogen) atoms. The number of benzene rings is 1. The molecule has 0 spiro atoms. The van der Waals surface area contributed by atoms with E-state index in [1.165, 1.54) is 12.1 Å². The number of aromatic nitrogens is 2. The van der Waals surface area contributed by atoms with Crippen LogP contribution in [0.15, 0.2) is 41.7 Å². The molecule has 1 saturated carbocycles. The van der Waals surface area contributed by atoms with Crippen LogP contribution in [0.3, 0.4) is 0 Å². The Hall–Kier alpha value is -1.31. The van der Waals surface area contributed by atoms with E-state index in [-0.39, 0.29) is 17.8 Å². The Morgan fingerprint density at radius 3 is 2.64 bits per heavy atom. The summed E-state index contributed by atoms with van der Waals surface area (Å²) in [6.45, 7) is 4.97. The minimum absolute atomic E-state index is 0. The van der Waals surface area contributed by atoms with E-state index < -0.39 is 11.7 Å². The van der Waals surface area contributed by atoms with Crippen molar-refractivity contribution in [3.63, 3.8) is 0 Å². The largest absolute Gasteiger partial charge is 0.416 e. The number of nitrogens with zero attached hydrogens (tertiary/aromatic N) is 3. The fraction of sp³-hybridized carbons (Fsp3) is 0.500. The summed E-state index contributed by atoms with van der Waals surface area (Å²) in [4.78, 5) is 11.1. The lowest BCUT2D eigenvalue weighted by Crippen LogP contribution is -2.28. The molecule has 1 aromatic carbocycles. The third-order valence-electron chi connectivity index (χ3n) is 5.63. The van der Waals surface area contributed by atoms with Gasteiger partial charge in [-0.15, -0.1) is 12.4 Å². The monoisotopic (exact) mass is 429 g/mol. The van der Waals surface area contributed by atoms with Crippen LogP contribution in [-0.2, 0) is 11.6 Å². The summed E-state index contributed by atoms with van der Waals surface area (Å²) in [5, 5.41) is 0.820. The van der Waals surface area contributed by atoms with Gasteiger partial charge in [0, 0.05) is 36.1 Å². The second-order valence-electron chi connectivity index (χ2n) is 7.55. The number of likely N-dealkylation sites (tertiary alicyclic amines) is 1. The van der Waals surface area contributed by atoms with Gasteiger partial charge < -0.3 is 4.90 Å². The highest BCUT2D eigenvalue weighted by molar-refractivity contribution is 7.99. The Balaban J connectivity index is 0.00000225. The van der Waals surface area contributed by atoms with Gasteiger partial charge in [-0.2, -0.15) is 13.2 Å².